The van der Waals surface area contributed by atoms with E-state index in [1.165, 1.54) is 30.8 Å². The van der Waals surface area contributed by atoms with Crippen LogP contribution in [0.2, 0.25) is 0 Å². The van der Waals surface area contributed by atoms with Crippen molar-refractivity contribution < 1.29 is 9.47 Å². The Morgan fingerprint density at radius 3 is 2.44 bits per heavy atom. The van der Waals surface area contributed by atoms with Crippen molar-refractivity contribution >= 4 is 23.5 Å². The minimum Gasteiger partial charge on any atom is -0.348 e. The van der Waals surface area contributed by atoms with Gasteiger partial charge in [-0.25, -0.2) is 0 Å². The molecule has 1 unspecified atom stereocenters. The van der Waals surface area contributed by atoms with E-state index in [1.807, 2.05) is 0 Å². The molecule has 0 amide bonds. The van der Waals surface area contributed by atoms with E-state index in [4.69, 9.17) is 15.2 Å². The molecule has 0 bridgehead atoms. The smallest absolute Gasteiger partial charge is 0.169 e. The summed E-state index contributed by atoms with van der Waals surface area (Å²) in [5, 5.41) is 0. The summed E-state index contributed by atoms with van der Waals surface area (Å²) in [6, 6.07) is 0. The van der Waals surface area contributed by atoms with E-state index in [2.05, 4.69) is 23.5 Å². The van der Waals surface area contributed by atoms with Crippen LogP contribution in [0.3, 0.4) is 0 Å². The number of ether oxygens (including phenoxy) is 2. The highest BCUT2D eigenvalue weighted by molar-refractivity contribution is 8.17. The van der Waals surface area contributed by atoms with Gasteiger partial charge in [0.1, 0.15) is 0 Å². The Balaban J connectivity index is 1.77. The zero-order valence-electron chi connectivity index (χ0n) is 10.9. The van der Waals surface area contributed by atoms with Crippen LogP contribution in [-0.2, 0) is 9.47 Å². The highest BCUT2D eigenvalue weighted by atomic mass is 32.2. The Morgan fingerprint density at radius 2 is 1.78 bits per heavy atom. The average molecular weight is 289 g/mol. The molecule has 3 rings (SSSR count). The topological polar surface area (TPSA) is 44.5 Å². The maximum atomic E-state index is 6.18. The molecule has 2 saturated heterocycles. The van der Waals surface area contributed by atoms with Crippen molar-refractivity contribution in [2.24, 2.45) is 11.1 Å². The Labute approximate surface area is 118 Å². The summed E-state index contributed by atoms with van der Waals surface area (Å²) >= 11 is 4.21. The quantitative estimate of drug-likeness (QED) is 0.846. The van der Waals surface area contributed by atoms with Crippen LogP contribution in [0.4, 0.5) is 0 Å². The van der Waals surface area contributed by atoms with Crippen LogP contribution in [0.25, 0.3) is 0 Å². The van der Waals surface area contributed by atoms with Crippen LogP contribution in [-0.4, -0.2) is 41.6 Å². The van der Waals surface area contributed by atoms with Crippen LogP contribution in [0.1, 0.15) is 32.1 Å². The molecule has 0 radical (unpaired) electrons. The van der Waals surface area contributed by atoms with Crippen molar-refractivity contribution in [1.82, 2.24) is 0 Å². The predicted octanol–water partition coefficient (Wildman–Crippen LogP) is 2.44. The zero-order valence-corrected chi connectivity index (χ0v) is 12.5. The van der Waals surface area contributed by atoms with Crippen molar-refractivity contribution in [2.45, 2.75) is 42.5 Å². The van der Waals surface area contributed by atoms with Crippen LogP contribution in [0.15, 0.2) is 0 Å². The third-order valence-electron chi connectivity index (χ3n) is 4.40. The molecule has 104 valence electrons. The summed E-state index contributed by atoms with van der Waals surface area (Å²) in [5.74, 6) is 2.28. The van der Waals surface area contributed by atoms with Gasteiger partial charge in [0.15, 0.2) is 5.79 Å². The summed E-state index contributed by atoms with van der Waals surface area (Å²) in [6.45, 7) is 2.28. The number of nitrogens with two attached hydrogens (primary N) is 1. The van der Waals surface area contributed by atoms with Crippen molar-refractivity contribution in [3.8, 4) is 0 Å². The second kappa shape index (κ2) is 5.52. The molecule has 0 aromatic rings. The molecule has 0 aromatic carbocycles. The fourth-order valence-corrected chi connectivity index (χ4v) is 6.98. The molecule has 2 heterocycles. The van der Waals surface area contributed by atoms with Gasteiger partial charge in [-0.3, -0.25) is 0 Å². The van der Waals surface area contributed by atoms with Gasteiger partial charge < -0.3 is 15.2 Å². The molecule has 3 aliphatic rings. The average Bonchev–Trinajstić information content (AvgIpc) is 2.87. The highest BCUT2D eigenvalue weighted by Crippen LogP contribution is 2.54. The molecule has 2 N–H and O–H groups in total. The largest absolute Gasteiger partial charge is 0.348 e. The zero-order chi connectivity index (χ0) is 12.5. The summed E-state index contributed by atoms with van der Waals surface area (Å²) in [6.07, 6.45) is 5.82. The Hall–Kier alpha value is 0.580. The van der Waals surface area contributed by atoms with Gasteiger partial charge in [0.2, 0.25) is 0 Å². The van der Waals surface area contributed by atoms with E-state index >= 15 is 0 Å². The van der Waals surface area contributed by atoms with Gasteiger partial charge in [-0.15, -0.1) is 23.5 Å². The first kappa shape index (κ1) is 13.6. The third-order valence-corrected chi connectivity index (χ3v) is 7.87. The van der Waals surface area contributed by atoms with E-state index in [1.54, 1.807) is 0 Å². The predicted molar refractivity (Wildman–Crippen MR) is 77.9 cm³/mol. The summed E-state index contributed by atoms with van der Waals surface area (Å²) in [7, 11) is 0. The molecule has 1 atom stereocenters. The number of hydrogen-bond acceptors (Lipinski definition) is 5. The lowest BCUT2D eigenvalue weighted by molar-refractivity contribution is -0.198. The SMILES string of the molecule is NCC1(C2SCCCS2)CCCC2(C1)OCCO2. The molecule has 0 aromatic heterocycles. The standard InChI is InChI=1S/C13H23NO2S2/c14-10-12(11-17-7-2-8-18-11)3-1-4-13(9-12)15-5-6-16-13/h11H,1-10,14H2. The van der Waals surface area contributed by atoms with Gasteiger partial charge in [0, 0.05) is 24.8 Å². The van der Waals surface area contributed by atoms with Crippen molar-refractivity contribution in [1.29, 1.82) is 0 Å². The molecule has 3 fully saturated rings. The first-order valence-electron chi connectivity index (χ1n) is 7.00. The normalized spacial score (nSPS) is 37.2. The maximum Gasteiger partial charge on any atom is 0.169 e. The fraction of sp³-hybridized carbons (Fsp3) is 1.00. The van der Waals surface area contributed by atoms with Crippen LogP contribution >= 0.6 is 23.5 Å². The molecular weight excluding hydrogens is 266 g/mol. The van der Waals surface area contributed by atoms with E-state index in [0.29, 0.717) is 4.58 Å². The van der Waals surface area contributed by atoms with Crippen LogP contribution in [0, 0.1) is 5.41 Å². The molecule has 3 nitrogen and oxygen atoms in total. The minimum absolute atomic E-state index is 0.221. The number of thioether (sulfide) groups is 2. The summed E-state index contributed by atoms with van der Waals surface area (Å²) < 4.78 is 12.5. The van der Waals surface area contributed by atoms with Gasteiger partial charge in [-0.2, -0.15) is 0 Å². The van der Waals surface area contributed by atoms with Crippen LogP contribution in [0.5, 0.6) is 0 Å². The molecule has 1 spiro atoms. The van der Waals surface area contributed by atoms with E-state index in [9.17, 15) is 0 Å². The maximum absolute atomic E-state index is 6.18. The third kappa shape index (κ3) is 2.44. The monoisotopic (exact) mass is 289 g/mol. The van der Waals surface area contributed by atoms with E-state index < -0.39 is 0 Å². The lowest BCUT2D eigenvalue weighted by Gasteiger charge is -2.49. The first-order valence-corrected chi connectivity index (χ1v) is 9.10. The van der Waals surface area contributed by atoms with Crippen molar-refractivity contribution in [2.75, 3.05) is 31.3 Å². The molecule has 1 aliphatic carbocycles. The Kier molecular flexibility index (Phi) is 4.16. The molecule has 18 heavy (non-hydrogen) atoms. The van der Waals surface area contributed by atoms with Crippen LogP contribution < -0.4 is 5.73 Å². The minimum atomic E-state index is -0.295. The van der Waals surface area contributed by atoms with Gasteiger partial charge >= 0.3 is 0 Å². The highest BCUT2D eigenvalue weighted by Gasteiger charge is 2.51. The lowest BCUT2D eigenvalue weighted by Crippen LogP contribution is -2.50. The molecule has 1 saturated carbocycles. The Bertz CT molecular complexity index is 291. The van der Waals surface area contributed by atoms with E-state index in [0.717, 1.165) is 32.6 Å². The second-order valence-electron chi connectivity index (χ2n) is 5.63. The fourth-order valence-electron chi connectivity index (χ4n) is 3.48. The molecular formula is C13H23NO2S2. The van der Waals surface area contributed by atoms with Gasteiger partial charge in [-0.1, -0.05) is 0 Å². The number of rotatable bonds is 2. The van der Waals surface area contributed by atoms with E-state index in [-0.39, 0.29) is 11.2 Å². The first-order chi connectivity index (χ1) is 8.79. The van der Waals surface area contributed by atoms with Gasteiger partial charge in [0.05, 0.1) is 17.8 Å². The molecule has 2 aliphatic heterocycles. The lowest BCUT2D eigenvalue weighted by atomic mass is 9.72. The summed E-state index contributed by atoms with van der Waals surface area (Å²) in [5.41, 5.74) is 6.40. The van der Waals surface area contributed by atoms with Gasteiger partial charge in [-0.05, 0) is 30.8 Å². The number of hydrogen-bond donors (Lipinski definition) is 1. The van der Waals surface area contributed by atoms with Gasteiger partial charge in [0.25, 0.3) is 0 Å². The van der Waals surface area contributed by atoms with Crippen molar-refractivity contribution in [3.63, 3.8) is 0 Å². The van der Waals surface area contributed by atoms with Crippen molar-refractivity contribution in [3.05, 3.63) is 0 Å². The summed E-state index contributed by atoms with van der Waals surface area (Å²) in [4.78, 5) is 0. The molecule has 5 heteroatoms. The Morgan fingerprint density at radius 1 is 1.06 bits per heavy atom. The second-order valence-corrected chi connectivity index (χ2v) is 8.36.